The van der Waals surface area contributed by atoms with Crippen molar-refractivity contribution in [2.45, 2.75) is 45.2 Å². The lowest BCUT2D eigenvalue weighted by Gasteiger charge is -2.21. The predicted octanol–water partition coefficient (Wildman–Crippen LogP) is 2.01. The number of aliphatic imine (C=N–C) groups is 1. The van der Waals surface area contributed by atoms with Gasteiger partial charge in [0, 0.05) is 51.3 Å². The second kappa shape index (κ2) is 10.1. The predicted molar refractivity (Wildman–Crippen MR) is 104 cm³/mol. The quantitative estimate of drug-likeness (QED) is 0.499. The van der Waals surface area contributed by atoms with Gasteiger partial charge in [-0.15, -0.1) is 0 Å². The first-order valence-corrected chi connectivity index (χ1v) is 9.39. The topological polar surface area (TPSA) is 68.8 Å². The molecule has 1 saturated heterocycles. The first-order valence-electron chi connectivity index (χ1n) is 9.39. The fraction of sp³-hybridized carbons (Fsp3) is 0.579. The molecule has 1 fully saturated rings. The monoisotopic (exact) mass is 381 g/mol. The lowest BCUT2D eigenvalue weighted by atomic mass is 10.2. The lowest BCUT2D eigenvalue weighted by molar-refractivity contribution is -0.121. The fourth-order valence-corrected chi connectivity index (χ4v) is 2.97. The normalized spacial score (nSPS) is 18.3. The molecular formula is C19H29F2N5O. The molecule has 0 spiro atoms. The van der Waals surface area contributed by atoms with Crippen LogP contribution in [-0.4, -0.2) is 50.6 Å². The van der Waals surface area contributed by atoms with E-state index in [0.717, 1.165) is 18.9 Å². The number of nitrogens with zero attached hydrogens (tertiary/aromatic N) is 2. The third-order valence-corrected chi connectivity index (χ3v) is 4.67. The molecule has 2 unspecified atom stereocenters. The molecule has 27 heavy (non-hydrogen) atoms. The summed E-state index contributed by atoms with van der Waals surface area (Å²) in [5, 5.41) is 9.34. The smallest absolute Gasteiger partial charge is 0.221 e. The van der Waals surface area contributed by atoms with Crippen molar-refractivity contribution >= 4 is 17.6 Å². The van der Waals surface area contributed by atoms with Crippen molar-refractivity contribution in [1.29, 1.82) is 0 Å². The van der Waals surface area contributed by atoms with Crippen LogP contribution in [0, 0.1) is 11.6 Å². The molecule has 2 rings (SSSR count). The summed E-state index contributed by atoms with van der Waals surface area (Å²) in [7, 11) is 1.67. The minimum Gasteiger partial charge on any atom is -0.367 e. The van der Waals surface area contributed by atoms with E-state index >= 15 is 0 Å². The Balaban J connectivity index is 1.78. The van der Waals surface area contributed by atoms with Crippen molar-refractivity contribution in [1.82, 2.24) is 16.0 Å². The van der Waals surface area contributed by atoms with Gasteiger partial charge < -0.3 is 20.9 Å². The zero-order valence-electron chi connectivity index (χ0n) is 16.2. The standard InChI is InChI=1S/C19H29F2N5O/c1-4-13(2)24-18(27)7-9-23-19(22-3)25-15-8-10-26(12-15)17-6-5-14(20)11-16(17)21/h5-6,11,13,15H,4,7-10,12H2,1-3H3,(H,24,27)(H2,22,23,25). The highest BCUT2D eigenvalue weighted by molar-refractivity contribution is 5.81. The number of guanidine groups is 1. The molecular weight excluding hydrogens is 352 g/mol. The van der Waals surface area contributed by atoms with E-state index in [1.807, 2.05) is 18.7 Å². The van der Waals surface area contributed by atoms with E-state index in [0.29, 0.717) is 37.7 Å². The zero-order valence-corrected chi connectivity index (χ0v) is 16.2. The van der Waals surface area contributed by atoms with E-state index < -0.39 is 11.6 Å². The molecule has 1 heterocycles. The highest BCUT2D eigenvalue weighted by Crippen LogP contribution is 2.24. The molecule has 0 radical (unpaired) electrons. The first kappa shape index (κ1) is 20.9. The largest absolute Gasteiger partial charge is 0.367 e. The molecule has 3 N–H and O–H groups in total. The molecule has 1 aliphatic rings. The summed E-state index contributed by atoms with van der Waals surface area (Å²) in [4.78, 5) is 17.9. The van der Waals surface area contributed by atoms with Gasteiger partial charge in [0.1, 0.15) is 11.6 Å². The third kappa shape index (κ3) is 6.37. The van der Waals surface area contributed by atoms with E-state index in [1.54, 1.807) is 7.05 Å². The molecule has 0 saturated carbocycles. The van der Waals surface area contributed by atoms with Gasteiger partial charge in [-0.05, 0) is 31.9 Å². The van der Waals surface area contributed by atoms with Crippen LogP contribution in [0.15, 0.2) is 23.2 Å². The molecule has 0 aliphatic carbocycles. The Bertz CT molecular complexity index is 668. The van der Waals surface area contributed by atoms with Gasteiger partial charge in [-0.1, -0.05) is 6.92 Å². The number of carbonyl (C=O) groups is 1. The van der Waals surface area contributed by atoms with Gasteiger partial charge in [0.25, 0.3) is 0 Å². The number of halogens is 2. The van der Waals surface area contributed by atoms with Crippen molar-refractivity contribution in [3.8, 4) is 0 Å². The molecule has 150 valence electrons. The third-order valence-electron chi connectivity index (χ3n) is 4.67. The summed E-state index contributed by atoms with van der Waals surface area (Å²) < 4.78 is 27.0. The highest BCUT2D eigenvalue weighted by atomic mass is 19.1. The number of nitrogens with one attached hydrogen (secondary N) is 3. The van der Waals surface area contributed by atoms with E-state index in [1.165, 1.54) is 12.1 Å². The van der Waals surface area contributed by atoms with E-state index in [-0.39, 0.29) is 18.0 Å². The van der Waals surface area contributed by atoms with Crippen molar-refractivity contribution in [2.24, 2.45) is 4.99 Å². The molecule has 8 heteroatoms. The van der Waals surface area contributed by atoms with Crippen LogP contribution in [0.4, 0.5) is 14.5 Å². The average molecular weight is 381 g/mol. The molecule has 0 bridgehead atoms. The SMILES string of the molecule is CCC(C)NC(=O)CCNC(=NC)NC1CCN(c2ccc(F)cc2F)C1. The van der Waals surface area contributed by atoms with Gasteiger partial charge in [-0.25, -0.2) is 8.78 Å². The van der Waals surface area contributed by atoms with Gasteiger partial charge in [0.05, 0.1) is 5.69 Å². The second-order valence-electron chi connectivity index (χ2n) is 6.80. The van der Waals surface area contributed by atoms with Crippen LogP contribution in [-0.2, 0) is 4.79 Å². The average Bonchev–Trinajstić information content (AvgIpc) is 3.08. The summed E-state index contributed by atoms with van der Waals surface area (Å²) in [6, 6.07) is 3.90. The summed E-state index contributed by atoms with van der Waals surface area (Å²) in [5.74, 6) is -0.513. The Morgan fingerprint density at radius 2 is 2.19 bits per heavy atom. The number of carbonyl (C=O) groups excluding carboxylic acids is 1. The minimum absolute atomic E-state index is 0.00568. The van der Waals surface area contributed by atoms with Gasteiger partial charge in [-0.3, -0.25) is 9.79 Å². The van der Waals surface area contributed by atoms with Gasteiger partial charge >= 0.3 is 0 Å². The number of rotatable bonds is 7. The maximum Gasteiger partial charge on any atom is 0.221 e. The molecule has 2 atom stereocenters. The van der Waals surface area contributed by atoms with Crippen LogP contribution in [0.25, 0.3) is 0 Å². The van der Waals surface area contributed by atoms with Crippen LogP contribution < -0.4 is 20.9 Å². The van der Waals surface area contributed by atoms with Crippen LogP contribution >= 0.6 is 0 Å². The number of hydrogen-bond donors (Lipinski definition) is 3. The molecule has 1 aromatic carbocycles. The van der Waals surface area contributed by atoms with Crippen LogP contribution in [0.5, 0.6) is 0 Å². The van der Waals surface area contributed by atoms with Crippen molar-refractivity contribution in [2.75, 3.05) is 31.6 Å². The molecule has 6 nitrogen and oxygen atoms in total. The summed E-state index contributed by atoms with van der Waals surface area (Å²) >= 11 is 0. The number of anilines is 1. The Kier molecular flexibility index (Phi) is 7.82. The molecule has 0 aromatic heterocycles. The van der Waals surface area contributed by atoms with Crippen LogP contribution in [0.2, 0.25) is 0 Å². The molecule has 1 aliphatic heterocycles. The number of amides is 1. The van der Waals surface area contributed by atoms with E-state index in [2.05, 4.69) is 20.9 Å². The summed E-state index contributed by atoms with van der Waals surface area (Å²) in [5.41, 5.74) is 0.408. The van der Waals surface area contributed by atoms with Crippen molar-refractivity contribution in [3.05, 3.63) is 29.8 Å². The molecule has 1 aromatic rings. The van der Waals surface area contributed by atoms with Crippen LogP contribution in [0.1, 0.15) is 33.1 Å². The Labute approximate surface area is 159 Å². The zero-order chi connectivity index (χ0) is 19.8. The maximum absolute atomic E-state index is 13.9. The number of hydrogen-bond acceptors (Lipinski definition) is 3. The summed E-state index contributed by atoms with van der Waals surface area (Å²) in [6.45, 7) is 5.75. The maximum atomic E-state index is 13.9. The van der Waals surface area contributed by atoms with Gasteiger partial charge in [-0.2, -0.15) is 0 Å². The minimum atomic E-state index is -0.577. The molecule has 1 amide bonds. The Morgan fingerprint density at radius 3 is 2.85 bits per heavy atom. The summed E-state index contributed by atoms with van der Waals surface area (Å²) in [6.07, 6.45) is 2.07. The lowest BCUT2D eigenvalue weighted by Crippen LogP contribution is -2.45. The fourth-order valence-electron chi connectivity index (χ4n) is 2.97. The number of benzene rings is 1. The van der Waals surface area contributed by atoms with Crippen LogP contribution in [0.3, 0.4) is 0 Å². The van der Waals surface area contributed by atoms with Crippen molar-refractivity contribution in [3.63, 3.8) is 0 Å². The van der Waals surface area contributed by atoms with Gasteiger partial charge in [0.15, 0.2) is 5.96 Å². The Morgan fingerprint density at radius 1 is 1.41 bits per heavy atom. The highest BCUT2D eigenvalue weighted by Gasteiger charge is 2.25. The van der Waals surface area contributed by atoms with E-state index in [4.69, 9.17) is 0 Å². The van der Waals surface area contributed by atoms with Gasteiger partial charge in [0.2, 0.25) is 5.91 Å². The van der Waals surface area contributed by atoms with Crippen molar-refractivity contribution < 1.29 is 13.6 Å². The second-order valence-corrected chi connectivity index (χ2v) is 6.80. The van der Waals surface area contributed by atoms with E-state index in [9.17, 15) is 13.6 Å². The Hall–Kier alpha value is -2.38. The first-order chi connectivity index (χ1) is 12.9.